The van der Waals surface area contributed by atoms with Crippen molar-refractivity contribution < 1.29 is 9.53 Å². The summed E-state index contributed by atoms with van der Waals surface area (Å²) >= 11 is 1.71. The molecule has 2 rings (SSSR count). The molecule has 2 aromatic heterocycles. The Bertz CT molecular complexity index is 503. The summed E-state index contributed by atoms with van der Waals surface area (Å²) in [5.74, 6) is -0.354. The van der Waals surface area contributed by atoms with Gasteiger partial charge in [0.05, 0.1) is 12.8 Å². The van der Waals surface area contributed by atoms with Crippen molar-refractivity contribution in [2.45, 2.75) is 13.0 Å². The minimum atomic E-state index is -0.354. The maximum atomic E-state index is 11.5. The minimum absolute atomic E-state index is 0.354. The van der Waals surface area contributed by atoms with Gasteiger partial charge in [-0.05, 0) is 23.9 Å². The number of hydrogen-bond donors (Lipinski definition) is 1. The zero-order chi connectivity index (χ0) is 12.3. The Hall–Kier alpha value is -1.75. The number of thiophene rings is 1. The monoisotopic (exact) mass is 250 g/mol. The first-order chi connectivity index (χ1) is 8.20. The van der Waals surface area contributed by atoms with E-state index in [-0.39, 0.29) is 5.97 Å². The summed E-state index contributed by atoms with van der Waals surface area (Å²) in [6.07, 6.45) is 2.65. The van der Waals surface area contributed by atoms with Crippen LogP contribution in [0.3, 0.4) is 0 Å². The highest BCUT2D eigenvalue weighted by Gasteiger charge is 2.12. The Morgan fingerprint density at radius 2 is 2.41 bits per heavy atom. The van der Waals surface area contributed by atoms with Gasteiger partial charge in [-0.3, -0.25) is 0 Å². The Labute approximate surface area is 104 Å². The number of aromatic nitrogens is 1. The summed E-state index contributed by atoms with van der Waals surface area (Å²) in [7, 11) is 1.37. The van der Waals surface area contributed by atoms with E-state index in [9.17, 15) is 4.79 Å². The van der Waals surface area contributed by atoms with E-state index in [1.807, 2.05) is 16.0 Å². The maximum absolute atomic E-state index is 11.5. The fourth-order valence-electron chi connectivity index (χ4n) is 1.68. The van der Waals surface area contributed by atoms with Gasteiger partial charge in [0, 0.05) is 17.6 Å². The van der Waals surface area contributed by atoms with E-state index < -0.39 is 0 Å². The highest BCUT2D eigenvalue weighted by molar-refractivity contribution is 7.09. The zero-order valence-corrected chi connectivity index (χ0v) is 10.4. The van der Waals surface area contributed by atoms with E-state index in [0.29, 0.717) is 11.4 Å². The number of nitrogen functional groups attached to an aromatic ring is 1. The summed E-state index contributed by atoms with van der Waals surface area (Å²) in [5, 5.41) is 2.04. The molecule has 90 valence electrons. The number of nitrogens with zero attached hydrogens (tertiary/aromatic N) is 1. The molecule has 2 heterocycles. The molecule has 0 aliphatic rings. The molecule has 0 saturated carbocycles. The van der Waals surface area contributed by atoms with Gasteiger partial charge < -0.3 is 15.0 Å². The van der Waals surface area contributed by atoms with E-state index in [1.165, 1.54) is 12.0 Å². The molecule has 0 amide bonds. The van der Waals surface area contributed by atoms with E-state index >= 15 is 0 Å². The number of rotatable bonds is 4. The molecule has 0 radical (unpaired) electrons. The first kappa shape index (κ1) is 11.7. The van der Waals surface area contributed by atoms with Gasteiger partial charge in [-0.2, -0.15) is 0 Å². The van der Waals surface area contributed by atoms with E-state index in [1.54, 1.807) is 23.6 Å². The highest BCUT2D eigenvalue weighted by atomic mass is 32.1. The van der Waals surface area contributed by atoms with Gasteiger partial charge in [-0.1, -0.05) is 6.07 Å². The molecule has 0 saturated heterocycles. The highest BCUT2D eigenvalue weighted by Crippen LogP contribution is 2.15. The summed E-state index contributed by atoms with van der Waals surface area (Å²) in [6.45, 7) is 0.724. The van der Waals surface area contributed by atoms with Crippen molar-refractivity contribution >= 4 is 23.0 Å². The Balaban J connectivity index is 2.12. The number of carbonyl (C=O) groups excluding carboxylic acids is 1. The van der Waals surface area contributed by atoms with Crippen LogP contribution in [0.4, 0.5) is 5.69 Å². The minimum Gasteiger partial charge on any atom is -0.464 e. The molecule has 0 aliphatic heterocycles. The standard InChI is InChI=1S/C12H14N2O2S/c1-16-12(15)11-7-9(13)8-14(11)5-4-10-3-2-6-17-10/h2-3,6-8H,4-5,13H2,1H3. The molecule has 4 nitrogen and oxygen atoms in total. The molecular formula is C12H14N2O2S. The molecule has 0 aliphatic carbocycles. The number of aryl methyl sites for hydroxylation is 2. The Kier molecular flexibility index (Phi) is 3.49. The van der Waals surface area contributed by atoms with Crippen LogP contribution in [0.25, 0.3) is 0 Å². The normalized spacial score (nSPS) is 10.4. The third-order valence-corrected chi connectivity index (χ3v) is 3.43. The van der Waals surface area contributed by atoms with Gasteiger partial charge in [0.1, 0.15) is 5.69 Å². The first-order valence-corrected chi connectivity index (χ1v) is 6.15. The number of esters is 1. The van der Waals surface area contributed by atoms with Gasteiger partial charge in [-0.25, -0.2) is 4.79 Å². The van der Waals surface area contributed by atoms with Crippen LogP contribution in [0, 0.1) is 0 Å². The molecule has 17 heavy (non-hydrogen) atoms. The second-order valence-corrected chi connectivity index (χ2v) is 4.71. The number of carbonyl (C=O) groups is 1. The maximum Gasteiger partial charge on any atom is 0.354 e. The Morgan fingerprint density at radius 1 is 1.59 bits per heavy atom. The SMILES string of the molecule is COC(=O)c1cc(N)cn1CCc1cccs1. The van der Waals surface area contributed by atoms with E-state index in [2.05, 4.69) is 6.07 Å². The predicted octanol–water partition coefficient (Wildman–Crippen LogP) is 2.16. The van der Waals surface area contributed by atoms with E-state index in [4.69, 9.17) is 10.5 Å². The van der Waals surface area contributed by atoms with Crippen LogP contribution in [-0.2, 0) is 17.7 Å². The average molecular weight is 250 g/mol. The van der Waals surface area contributed by atoms with Crippen molar-refractivity contribution in [2.24, 2.45) is 0 Å². The molecule has 0 spiro atoms. The van der Waals surface area contributed by atoms with E-state index in [0.717, 1.165) is 13.0 Å². The quantitative estimate of drug-likeness (QED) is 0.846. The van der Waals surface area contributed by atoms with Crippen LogP contribution in [0.1, 0.15) is 15.4 Å². The summed E-state index contributed by atoms with van der Waals surface area (Å²) in [5.41, 5.74) is 6.78. The van der Waals surface area contributed by atoms with Gasteiger partial charge in [0.25, 0.3) is 0 Å². The lowest BCUT2D eigenvalue weighted by Crippen LogP contribution is -2.10. The van der Waals surface area contributed by atoms with Crippen LogP contribution >= 0.6 is 11.3 Å². The number of anilines is 1. The fraction of sp³-hybridized carbons (Fsp3) is 0.250. The van der Waals surface area contributed by atoms with Gasteiger partial charge in [0.15, 0.2) is 0 Å². The summed E-state index contributed by atoms with van der Waals surface area (Å²) < 4.78 is 6.55. The topological polar surface area (TPSA) is 57.2 Å². The van der Waals surface area contributed by atoms with Crippen LogP contribution in [-0.4, -0.2) is 17.6 Å². The Morgan fingerprint density at radius 3 is 3.06 bits per heavy atom. The lowest BCUT2D eigenvalue weighted by Gasteiger charge is -2.06. The first-order valence-electron chi connectivity index (χ1n) is 5.27. The van der Waals surface area contributed by atoms with Crippen LogP contribution in [0.5, 0.6) is 0 Å². The number of hydrogen-bond acceptors (Lipinski definition) is 4. The van der Waals surface area contributed by atoms with Crippen LogP contribution in [0.2, 0.25) is 0 Å². The van der Waals surface area contributed by atoms with Crippen molar-refractivity contribution in [1.29, 1.82) is 0 Å². The van der Waals surface area contributed by atoms with Gasteiger partial charge >= 0.3 is 5.97 Å². The number of ether oxygens (including phenoxy) is 1. The molecule has 0 atom stereocenters. The largest absolute Gasteiger partial charge is 0.464 e. The van der Waals surface area contributed by atoms with Crippen LogP contribution < -0.4 is 5.73 Å². The van der Waals surface area contributed by atoms with Crippen LogP contribution in [0.15, 0.2) is 29.8 Å². The molecule has 0 aromatic carbocycles. The van der Waals surface area contributed by atoms with Crippen molar-refractivity contribution in [3.8, 4) is 0 Å². The lowest BCUT2D eigenvalue weighted by molar-refractivity contribution is 0.0588. The predicted molar refractivity (Wildman–Crippen MR) is 68.2 cm³/mol. The zero-order valence-electron chi connectivity index (χ0n) is 9.55. The lowest BCUT2D eigenvalue weighted by atomic mass is 10.3. The molecule has 0 unspecified atom stereocenters. The number of methoxy groups -OCH3 is 1. The molecule has 5 heteroatoms. The molecular weight excluding hydrogens is 236 g/mol. The second kappa shape index (κ2) is 5.05. The number of nitrogens with two attached hydrogens (primary N) is 1. The van der Waals surface area contributed by atoms with Crippen molar-refractivity contribution in [3.05, 3.63) is 40.3 Å². The summed E-state index contributed by atoms with van der Waals surface area (Å²) in [4.78, 5) is 12.8. The van der Waals surface area contributed by atoms with Crippen molar-refractivity contribution in [3.63, 3.8) is 0 Å². The average Bonchev–Trinajstić information content (AvgIpc) is 2.94. The third kappa shape index (κ3) is 2.68. The van der Waals surface area contributed by atoms with Gasteiger partial charge in [0.2, 0.25) is 0 Å². The second-order valence-electron chi connectivity index (χ2n) is 3.67. The summed E-state index contributed by atoms with van der Waals surface area (Å²) in [6, 6.07) is 5.74. The van der Waals surface area contributed by atoms with Crippen molar-refractivity contribution in [1.82, 2.24) is 4.57 Å². The fourth-order valence-corrected chi connectivity index (χ4v) is 2.38. The third-order valence-electron chi connectivity index (χ3n) is 2.49. The smallest absolute Gasteiger partial charge is 0.354 e. The molecule has 2 aromatic rings. The molecule has 2 N–H and O–H groups in total. The molecule has 0 bridgehead atoms. The molecule has 0 fully saturated rings. The van der Waals surface area contributed by atoms with Gasteiger partial charge in [-0.15, -0.1) is 11.3 Å². The van der Waals surface area contributed by atoms with Crippen molar-refractivity contribution in [2.75, 3.05) is 12.8 Å².